The van der Waals surface area contributed by atoms with Gasteiger partial charge in [-0.15, -0.1) is 0 Å². The Kier molecular flexibility index (Phi) is 3.64. The highest BCUT2D eigenvalue weighted by Crippen LogP contribution is 2.29. The predicted molar refractivity (Wildman–Crippen MR) is 45.0 cm³/mol. The first-order valence-electron chi connectivity index (χ1n) is 3.77. The molecule has 1 N–H and O–H groups in total. The Morgan fingerprint density at radius 2 is 2.07 bits per heavy atom. The van der Waals surface area contributed by atoms with E-state index >= 15 is 0 Å². The van der Waals surface area contributed by atoms with Gasteiger partial charge in [-0.3, -0.25) is 0 Å². The van der Waals surface area contributed by atoms with Crippen LogP contribution in [0.3, 0.4) is 0 Å². The van der Waals surface area contributed by atoms with Crippen LogP contribution < -0.4 is 9.47 Å². The Morgan fingerprint density at radius 1 is 1.36 bits per heavy atom. The van der Waals surface area contributed by atoms with Gasteiger partial charge in [-0.05, 0) is 17.7 Å². The van der Waals surface area contributed by atoms with E-state index in [9.17, 15) is 8.78 Å². The minimum atomic E-state index is -2.90. The largest absolute Gasteiger partial charge is 0.493 e. The lowest BCUT2D eigenvalue weighted by atomic mass is 10.2. The molecule has 0 fully saturated rings. The molecule has 0 aliphatic carbocycles. The first-order valence-corrected chi connectivity index (χ1v) is 3.77. The summed E-state index contributed by atoms with van der Waals surface area (Å²) < 4.78 is 32.7. The highest BCUT2D eigenvalue weighted by molar-refractivity contribution is 5.44. The maximum atomic E-state index is 11.9. The smallest absolute Gasteiger partial charge is 0.387 e. The Balaban J connectivity index is 2.93. The van der Waals surface area contributed by atoms with E-state index < -0.39 is 6.61 Å². The van der Waals surface area contributed by atoms with Crippen LogP contribution in [0.25, 0.3) is 0 Å². The van der Waals surface area contributed by atoms with Crippen LogP contribution in [-0.4, -0.2) is 18.8 Å². The first kappa shape index (κ1) is 10.7. The van der Waals surface area contributed by atoms with E-state index in [1.54, 1.807) is 0 Å². The zero-order valence-electron chi connectivity index (χ0n) is 7.41. The first-order chi connectivity index (χ1) is 6.67. The second-order valence-electron chi connectivity index (χ2n) is 2.42. The minimum Gasteiger partial charge on any atom is -0.493 e. The van der Waals surface area contributed by atoms with Gasteiger partial charge in [0.05, 0.1) is 7.11 Å². The molecule has 1 rings (SSSR count). The van der Waals surface area contributed by atoms with Gasteiger partial charge in [0, 0.05) is 0 Å². The summed E-state index contributed by atoms with van der Waals surface area (Å²) in [4.78, 5) is 0. The number of rotatable bonds is 4. The lowest BCUT2D eigenvalue weighted by molar-refractivity contribution is -0.0512. The van der Waals surface area contributed by atoms with Gasteiger partial charge in [-0.2, -0.15) is 8.78 Å². The van der Waals surface area contributed by atoms with Gasteiger partial charge in [0.2, 0.25) is 0 Å². The lowest BCUT2D eigenvalue weighted by Crippen LogP contribution is -2.03. The van der Waals surface area contributed by atoms with Gasteiger partial charge < -0.3 is 14.6 Å². The molecule has 0 amide bonds. The third-order valence-electron chi connectivity index (χ3n) is 1.55. The van der Waals surface area contributed by atoms with Crippen LogP contribution in [-0.2, 0) is 0 Å². The van der Waals surface area contributed by atoms with E-state index in [0.29, 0.717) is 5.56 Å². The maximum absolute atomic E-state index is 11.9. The summed E-state index contributed by atoms with van der Waals surface area (Å²) in [6.45, 7) is -2.05. The highest BCUT2D eigenvalue weighted by Gasteiger charge is 2.10. The van der Waals surface area contributed by atoms with Crippen molar-refractivity contribution in [2.75, 3.05) is 7.11 Å². The molecule has 3 nitrogen and oxygen atoms in total. The molecule has 14 heavy (non-hydrogen) atoms. The summed E-state index contributed by atoms with van der Waals surface area (Å²) in [6.07, 6.45) is 0. The van der Waals surface area contributed by atoms with Crippen LogP contribution in [0.15, 0.2) is 18.2 Å². The van der Waals surface area contributed by atoms with Gasteiger partial charge in [0.25, 0.3) is 0 Å². The summed E-state index contributed by atoms with van der Waals surface area (Å²) in [5, 5.41) is 8.66. The number of hydrogen-bond donors (Lipinski definition) is 1. The molecule has 0 aliphatic heterocycles. The summed E-state index contributed by atoms with van der Waals surface area (Å²) >= 11 is 0. The fourth-order valence-electron chi connectivity index (χ4n) is 0.958. The third kappa shape index (κ3) is 2.56. The van der Waals surface area contributed by atoms with Crippen LogP contribution in [0, 0.1) is 6.61 Å². The molecule has 0 saturated heterocycles. The average Bonchev–Trinajstić information content (AvgIpc) is 2.17. The van der Waals surface area contributed by atoms with Crippen molar-refractivity contribution >= 4 is 0 Å². The molecule has 1 aromatic carbocycles. The Bertz CT molecular complexity index is 302. The van der Waals surface area contributed by atoms with E-state index in [4.69, 9.17) is 9.84 Å². The second kappa shape index (κ2) is 4.76. The summed E-state index contributed by atoms with van der Waals surface area (Å²) in [7, 11) is 1.33. The fourth-order valence-corrected chi connectivity index (χ4v) is 0.958. The summed E-state index contributed by atoms with van der Waals surface area (Å²) in [6, 6.07) is 4.12. The van der Waals surface area contributed by atoms with Gasteiger partial charge in [0.15, 0.2) is 11.5 Å². The topological polar surface area (TPSA) is 38.7 Å². The zero-order chi connectivity index (χ0) is 10.6. The monoisotopic (exact) mass is 203 g/mol. The number of hydrogen-bond acceptors (Lipinski definition) is 3. The number of ether oxygens (including phenoxy) is 2. The van der Waals surface area contributed by atoms with E-state index in [1.807, 2.05) is 0 Å². The van der Waals surface area contributed by atoms with Crippen molar-refractivity contribution in [3.05, 3.63) is 30.4 Å². The van der Waals surface area contributed by atoms with Crippen LogP contribution >= 0.6 is 0 Å². The number of aliphatic hydroxyl groups excluding tert-OH is 1. The van der Waals surface area contributed by atoms with Gasteiger partial charge in [-0.25, -0.2) is 0 Å². The summed E-state index contributed by atoms with van der Waals surface area (Å²) in [5.74, 6) is 0.0844. The SMILES string of the molecule is COc1cc([CH]O)ccc1OC(F)F. The molecule has 0 unspecified atom stereocenters. The maximum Gasteiger partial charge on any atom is 0.387 e. The highest BCUT2D eigenvalue weighted by atomic mass is 19.3. The number of methoxy groups -OCH3 is 1. The van der Waals surface area contributed by atoms with Crippen molar-refractivity contribution < 1.29 is 23.4 Å². The molecular formula is C9H9F2O3. The lowest BCUT2D eigenvalue weighted by Gasteiger charge is -2.10. The Hall–Kier alpha value is -1.36. The van der Waals surface area contributed by atoms with Gasteiger partial charge >= 0.3 is 6.61 Å². The van der Waals surface area contributed by atoms with Crippen molar-refractivity contribution in [2.45, 2.75) is 6.61 Å². The quantitative estimate of drug-likeness (QED) is 0.815. The molecule has 0 aromatic heterocycles. The van der Waals surface area contributed by atoms with Crippen molar-refractivity contribution in [1.29, 1.82) is 0 Å². The second-order valence-corrected chi connectivity index (χ2v) is 2.42. The summed E-state index contributed by atoms with van der Waals surface area (Å²) in [5.41, 5.74) is 0.448. The van der Waals surface area contributed by atoms with E-state index in [1.165, 1.54) is 25.3 Å². The molecule has 1 aromatic rings. The molecule has 0 bridgehead atoms. The molecule has 0 aliphatic rings. The molecular weight excluding hydrogens is 194 g/mol. The zero-order valence-corrected chi connectivity index (χ0v) is 7.41. The number of halogens is 2. The van der Waals surface area contributed by atoms with Crippen molar-refractivity contribution in [1.82, 2.24) is 0 Å². The average molecular weight is 203 g/mol. The van der Waals surface area contributed by atoms with Crippen LogP contribution in [0.2, 0.25) is 0 Å². The predicted octanol–water partition coefficient (Wildman–Crippen LogP) is 2.18. The molecule has 1 radical (unpaired) electrons. The third-order valence-corrected chi connectivity index (χ3v) is 1.55. The van der Waals surface area contributed by atoms with E-state index in [-0.39, 0.29) is 11.5 Å². The molecule has 77 valence electrons. The number of aliphatic hydroxyl groups is 1. The van der Waals surface area contributed by atoms with E-state index in [0.717, 1.165) is 6.61 Å². The molecule has 5 heteroatoms. The van der Waals surface area contributed by atoms with Crippen molar-refractivity contribution in [3.63, 3.8) is 0 Å². The van der Waals surface area contributed by atoms with Crippen LogP contribution in [0.1, 0.15) is 5.56 Å². The molecule has 0 saturated carbocycles. The van der Waals surface area contributed by atoms with E-state index in [2.05, 4.69) is 4.74 Å². The molecule has 0 spiro atoms. The fraction of sp³-hybridized carbons (Fsp3) is 0.222. The van der Waals surface area contributed by atoms with Crippen molar-refractivity contribution in [2.24, 2.45) is 0 Å². The van der Waals surface area contributed by atoms with Crippen molar-refractivity contribution in [3.8, 4) is 11.5 Å². The standard InChI is InChI=1S/C9H9F2O3/c1-13-8-4-6(5-12)2-3-7(8)14-9(10)11/h2-5,9,12H,1H3. The van der Waals surface area contributed by atoms with Crippen LogP contribution in [0.5, 0.6) is 11.5 Å². The number of alkyl halides is 2. The minimum absolute atomic E-state index is 0.0619. The Labute approximate surface area is 79.9 Å². The van der Waals surface area contributed by atoms with Crippen LogP contribution in [0.4, 0.5) is 8.78 Å². The van der Waals surface area contributed by atoms with Gasteiger partial charge in [-0.1, -0.05) is 6.07 Å². The number of benzene rings is 1. The molecule has 0 heterocycles. The Morgan fingerprint density at radius 3 is 2.57 bits per heavy atom. The van der Waals surface area contributed by atoms with Gasteiger partial charge in [0.1, 0.15) is 6.61 Å². The molecule has 0 atom stereocenters. The normalized spacial score (nSPS) is 10.4.